The van der Waals surface area contributed by atoms with Gasteiger partial charge in [-0.3, -0.25) is 0 Å². The van der Waals surface area contributed by atoms with Crippen molar-refractivity contribution < 1.29 is 26.7 Å². The van der Waals surface area contributed by atoms with E-state index in [4.69, 9.17) is 5.73 Å². The van der Waals surface area contributed by atoms with Crippen molar-refractivity contribution in [2.45, 2.75) is 25.3 Å². The lowest BCUT2D eigenvalue weighted by Crippen LogP contribution is -2.41. The van der Waals surface area contributed by atoms with Crippen molar-refractivity contribution in [2.75, 3.05) is 6.61 Å². The number of halogens is 5. The largest absolute Gasteiger partial charge is 0.482 e. The van der Waals surface area contributed by atoms with Gasteiger partial charge >= 0.3 is 12.3 Å². The second-order valence-electron chi connectivity index (χ2n) is 2.30. The van der Waals surface area contributed by atoms with Crippen LogP contribution in [0, 0.1) is 0 Å². The smallest absolute Gasteiger partial charge is 0.326 e. The van der Waals surface area contributed by atoms with Crippen molar-refractivity contribution in [1.29, 1.82) is 0 Å². The molecule has 0 aromatic carbocycles. The Hall–Kier alpha value is -0.430. The van der Waals surface area contributed by atoms with Crippen molar-refractivity contribution in [3.05, 3.63) is 0 Å². The molecule has 0 aliphatic rings. The van der Waals surface area contributed by atoms with E-state index in [1.54, 1.807) is 0 Å². The van der Waals surface area contributed by atoms with Gasteiger partial charge in [-0.25, -0.2) is 0 Å². The first-order valence-electron chi connectivity index (χ1n) is 3.01. The summed E-state index contributed by atoms with van der Waals surface area (Å²) in [4.78, 5) is 0. The van der Waals surface area contributed by atoms with E-state index in [-0.39, 0.29) is 0 Å². The minimum absolute atomic E-state index is 0.841. The molecule has 0 spiro atoms. The Morgan fingerprint density at radius 1 is 1.25 bits per heavy atom. The molecule has 1 atom stereocenters. The summed E-state index contributed by atoms with van der Waals surface area (Å²) in [5, 5.41) is 0. The molecule has 0 aromatic heterocycles. The molecule has 0 saturated carbocycles. The fourth-order valence-corrected chi connectivity index (χ4v) is 0.318. The average molecular weight is 193 g/mol. The highest BCUT2D eigenvalue weighted by molar-refractivity contribution is 4.65. The molecule has 0 heterocycles. The molecule has 0 aromatic rings. The maximum atomic E-state index is 11.9. The third-order valence-electron chi connectivity index (χ3n) is 0.858. The maximum Gasteiger partial charge on any atom is 0.482 e. The van der Waals surface area contributed by atoms with Crippen molar-refractivity contribution in [3.8, 4) is 0 Å². The van der Waals surface area contributed by atoms with E-state index in [0.29, 0.717) is 0 Å². The molecule has 2 nitrogen and oxygen atoms in total. The van der Waals surface area contributed by atoms with Crippen LogP contribution in [-0.4, -0.2) is 24.9 Å². The van der Waals surface area contributed by atoms with E-state index >= 15 is 0 Å². The van der Waals surface area contributed by atoms with Gasteiger partial charge in [0.05, 0.1) is 6.61 Å². The zero-order chi connectivity index (χ0) is 9.99. The van der Waals surface area contributed by atoms with Crippen LogP contribution in [0.4, 0.5) is 22.0 Å². The summed E-state index contributed by atoms with van der Waals surface area (Å²) < 4.78 is 61.2. The van der Waals surface area contributed by atoms with Crippen molar-refractivity contribution in [1.82, 2.24) is 0 Å². The second-order valence-corrected chi connectivity index (χ2v) is 2.30. The summed E-state index contributed by atoms with van der Waals surface area (Å²) in [7, 11) is 0. The number of nitrogens with two attached hydrogens (primary N) is 1. The molecule has 12 heavy (non-hydrogen) atoms. The zero-order valence-electron chi connectivity index (χ0n) is 6.16. The van der Waals surface area contributed by atoms with E-state index < -0.39 is 24.9 Å². The second kappa shape index (κ2) is 3.53. The van der Waals surface area contributed by atoms with Gasteiger partial charge in [0.2, 0.25) is 0 Å². The van der Waals surface area contributed by atoms with E-state index in [0.717, 1.165) is 0 Å². The van der Waals surface area contributed by atoms with Gasteiger partial charge in [-0.2, -0.15) is 22.0 Å². The Kier molecular flexibility index (Phi) is 3.40. The van der Waals surface area contributed by atoms with E-state index in [1.165, 1.54) is 6.92 Å². The van der Waals surface area contributed by atoms with Crippen LogP contribution in [0.25, 0.3) is 0 Å². The van der Waals surface area contributed by atoms with Crippen LogP contribution >= 0.6 is 0 Å². The molecule has 7 heteroatoms. The summed E-state index contributed by atoms with van der Waals surface area (Å²) >= 11 is 0. The highest BCUT2D eigenvalue weighted by Crippen LogP contribution is 2.36. The molecule has 74 valence electrons. The van der Waals surface area contributed by atoms with Crippen LogP contribution in [0.15, 0.2) is 0 Å². The van der Waals surface area contributed by atoms with Gasteiger partial charge in [0.25, 0.3) is 0 Å². The van der Waals surface area contributed by atoms with Crippen LogP contribution in [0.5, 0.6) is 0 Å². The van der Waals surface area contributed by atoms with Crippen molar-refractivity contribution in [2.24, 2.45) is 5.73 Å². The molecule has 0 amide bonds. The van der Waals surface area contributed by atoms with Gasteiger partial charge in [0.15, 0.2) is 0 Å². The lowest BCUT2D eigenvalue weighted by molar-refractivity contribution is -0.391. The standard InChI is InChI=1S/C5H8F5NO/c1-3(11)2-12-5(9,10)4(6,7)8/h3H,2,11H2,1H3/t3-/m0/s1. The molecular formula is C5H8F5NO. The number of hydrogen-bond acceptors (Lipinski definition) is 2. The molecular weight excluding hydrogens is 185 g/mol. The Morgan fingerprint density at radius 2 is 1.67 bits per heavy atom. The summed E-state index contributed by atoms with van der Waals surface area (Å²) in [6.45, 7) is 0.416. The van der Waals surface area contributed by atoms with Crippen molar-refractivity contribution >= 4 is 0 Å². The molecule has 0 aliphatic heterocycles. The van der Waals surface area contributed by atoms with Crippen molar-refractivity contribution in [3.63, 3.8) is 0 Å². The first kappa shape index (κ1) is 11.6. The molecule has 0 bridgehead atoms. The minimum atomic E-state index is -5.68. The zero-order valence-corrected chi connectivity index (χ0v) is 6.16. The number of rotatable bonds is 3. The number of alkyl halides is 5. The Morgan fingerprint density at radius 3 is 1.92 bits per heavy atom. The highest BCUT2D eigenvalue weighted by Gasteiger charge is 2.59. The first-order chi connectivity index (χ1) is 5.17. The van der Waals surface area contributed by atoms with Crippen LogP contribution in [0.1, 0.15) is 6.92 Å². The van der Waals surface area contributed by atoms with Gasteiger partial charge < -0.3 is 10.5 Å². The third kappa shape index (κ3) is 3.31. The summed E-state index contributed by atoms with van der Waals surface area (Å²) in [6.07, 6.45) is -10.8. The fourth-order valence-electron chi connectivity index (χ4n) is 0.318. The normalized spacial score (nSPS) is 16.2. The van der Waals surface area contributed by atoms with Gasteiger partial charge in [-0.15, -0.1) is 0 Å². The first-order valence-corrected chi connectivity index (χ1v) is 3.01. The minimum Gasteiger partial charge on any atom is -0.326 e. The molecule has 0 rings (SSSR count). The summed E-state index contributed by atoms with van der Waals surface area (Å²) in [6, 6.07) is -0.863. The topological polar surface area (TPSA) is 35.2 Å². The quantitative estimate of drug-likeness (QED) is 0.689. The molecule has 0 saturated heterocycles. The summed E-state index contributed by atoms with van der Waals surface area (Å²) in [5.41, 5.74) is 4.92. The van der Waals surface area contributed by atoms with Crippen LogP contribution in [-0.2, 0) is 4.74 Å². The van der Waals surface area contributed by atoms with Crippen LogP contribution in [0.2, 0.25) is 0 Å². The highest BCUT2D eigenvalue weighted by atomic mass is 19.4. The predicted molar refractivity (Wildman–Crippen MR) is 30.6 cm³/mol. The number of hydrogen-bond donors (Lipinski definition) is 1. The lowest BCUT2D eigenvalue weighted by Gasteiger charge is -2.20. The average Bonchev–Trinajstić information content (AvgIpc) is 1.81. The van der Waals surface area contributed by atoms with E-state index in [2.05, 4.69) is 4.74 Å². The Balaban J connectivity index is 4.05. The van der Waals surface area contributed by atoms with Gasteiger partial charge in [0, 0.05) is 6.04 Å². The van der Waals surface area contributed by atoms with E-state index in [1.807, 2.05) is 0 Å². The van der Waals surface area contributed by atoms with Gasteiger partial charge in [-0.1, -0.05) is 0 Å². The molecule has 0 aliphatic carbocycles. The van der Waals surface area contributed by atoms with Gasteiger partial charge in [0.1, 0.15) is 0 Å². The van der Waals surface area contributed by atoms with Gasteiger partial charge in [-0.05, 0) is 6.92 Å². The third-order valence-corrected chi connectivity index (χ3v) is 0.858. The predicted octanol–water partition coefficient (Wildman–Crippen LogP) is 1.51. The van der Waals surface area contributed by atoms with Crippen LogP contribution in [0.3, 0.4) is 0 Å². The van der Waals surface area contributed by atoms with E-state index in [9.17, 15) is 22.0 Å². The Labute approximate surface area is 65.5 Å². The molecule has 0 unspecified atom stereocenters. The maximum absolute atomic E-state index is 11.9. The SMILES string of the molecule is C[C@H](N)COC(F)(F)C(F)(F)F. The summed E-state index contributed by atoms with van der Waals surface area (Å²) in [5.74, 6) is 0. The Bertz CT molecular complexity index is 143. The monoisotopic (exact) mass is 193 g/mol. The molecule has 0 fully saturated rings. The number of ether oxygens (including phenoxy) is 1. The molecule has 0 radical (unpaired) electrons. The fraction of sp³-hybridized carbons (Fsp3) is 1.00. The lowest BCUT2D eigenvalue weighted by atomic mass is 10.4. The molecule has 2 N–H and O–H groups in total. The van der Waals surface area contributed by atoms with Crippen LogP contribution < -0.4 is 5.73 Å².